The minimum Gasteiger partial charge on any atom is -0.496 e. The molecule has 0 bridgehead atoms. The van der Waals surface area contributed by atoms with Gasteiger partial charge in [-0.3, -0.25) is 9.08 Å². The highest BCUT2D eigenvalue weighted by molar-refractivity contribution is 5.80. The minimum absolute atomic E-state index is 0.271. The molecule has 0 spiro atoms. The van der Waals surface area contributed by atoms with E-state index in [0.29, 0.717) is 30.7 Å². The third-order valence-corrected chi connectivity index (χ3v) is 5.56. The molecular weight excluding hydrogens is 397 g/mol. The van der Waals surface area contributed by atoms with Crippen molar-refractivity contribution in [1.29, 1.82) is 0 Å². The molecule has 4 rings (SSSR count). The second-order valence-electron chi connectivity index (χ2n) is 7.76. The van der Waals surface area contributed by atoms with E-state index in [4.69, 9.17) is 4.74 Å². The first-order chi connectivity index (χ1) is 14.9. The number of aliphatic hydroxyl groups is 1. The normalized spacial score (nSPS) is 12.5. The number of methoxy groups -OCH3 is 1. The molecule has 0 saturated heterocycles. The molecule has 7 nitrogen and oxygen atoms in total. The van der Waals surface area contributed by atoms with E-state index < -0.39 is 6.10 Å². The van der Waals surface area contributed by atoms with E-state index >= 15 is 0 Å². The van der Waals surface area contributed by atoms with Gasteiger partial charge in [0.05, 0.1) is 25.5 Å². The fourth-order valence-corrected chi connectivity index (χ4v) is 4.10. The van der Waals surface area contributed by atoms with Crippen LogP contribution in [0.25, 0.3) is 16.8 Å². The maximum absolute atomic E-state index is 14.3. The Morgan fingerprint density at radius 3 is 2.71 bits per heavy atom. The van der Waals surface area contributed by atoms with Crippen molar-refractivity contribution in [3.05, 3.63) is 65.1 Å². The summed E-state index contributed by atoms with van der Waals surface area (Å²) < 4.78 is 23.4. The van der Waals surface area contributed by atoms with E-state index in [-0.39, 0.29) is 5.82 Å². The number of hydrogen-bond acceptors (Lipinski definition) is 5. The van der Waals surface area contributed by atoms with E-state index in [1.54, 1.807) is 32.5 Å². The van der Waals surface area contributed by atoms with Gasteiger partial charge in [-0.15, -0.1) is 10.2 Å². The van der Waals surface area contributed by atoms with Crippen molar-refractivity contribution >= 4 is 5.65 Å². The van der Waals surface area contributed by atoms with Gasteiger partial charge < -0.3 is 9.84 Å². The fraction of sp³-hybridized carbons (Fsp3) is 0.348. The lowest BCUT2D eigenvalue weighted by Crippen LogP contribution is -2.14. The number of hydrogen-bond donors (Lipinski definition) is 1. The average Bonchev–Trinajstić information content (AvgIpc) is 3.32. The zero-order chi connectivity index (χ0) is 22.1. The van der Waals surface area contributed by atoms with Crippen molar-refractivity contribution in [3.63, 3.8) is 0 Å². The lowest BCUT2D eigenvalue weighted by Gasteiger charge is -2.12. The Hall–Kier alpha value is -3.26. The monoisotopic (exact) mass is 423 g/mol. The van der Waals surface area contributed by atoms with Gasteiger partial charge in [0.25, 0.3) is 0 Å². The van der Waals surface area contributed by atoms with E-state index in [0.717, 1.165) is 33.9 Å². The van der Waals surface area contributed by atoms with Gasteiger partial charge in [0.2, 0.25) is 0 Å². The number of halogens is 1. The van der Waals surface area contributed by atoms with Crippen LogP contribution in [0.1, 0.15) is 29.6 Å². The van der Waals surface area contributed by atoms with Gasteiger partial charge in [0.1, 0.15) is 17.9 Å². The SMILES string of the molecule is COc1cccc(F)c1CCc1ccc(-c2c(C)nn(CC(C)O)c2C)c2nncn12. The molecule has 1 aromatic carbocycles. The average molecular weight is 423 g/mol. The number of fused-ring (bicyclic) bond motifs is 1. The molecule has 0 aliphatic carbocycles. The first-order valence-electron chi connectivity index (χ1n) is 10.3. The molecule has 3 aromatic heterocycles. The Kier molecular flexibility index (Phi) is 5.73. The zero-order valence-corrected chi connectivity index (χ0v) is 18.1. The summed E-state index contributed by atoms with van der Waals surface area (Å²) in [6.45, 7) is 6.11. The Balaban J connectivity index is 1.70. The topological polar surface area (TPSA) is 77.5 Å². The number of pyridine rings is 1. The Labute approximate surface area is 180 Å². The maximum Gasteiger partial charge on any atom is 0.168 e. The van der Waals surface area contributed by atoms with Crippen molar-refractivity contribution < 1.29 is 14.2 Å². The van der Waals surface area contributed by atoms with Crippen LogP contribution in [0, 0.1) is 19.7 Å². The van der Waals surface area contributed by atoms with Gasteiger partial charge in [0.15, 0.2) is 5.65 Å². The summed E-state index contributed by atoms with van der Waals surface area (Å²) in [6, 6.07) is 8.90. The molecule has 1 unspecified atom stereocenters. The van der Waals surface area contributed by atoms with Crippen LogP contribution >= 0.6 is 0 Å². The summed E-state index contributed by atoms with van der Waals surface area (Å²) in [5.74, 6) is 0.279. The summed E-state index contributed by atoms with van der Waals surface area (Å²) in [5.41, 5.74) is 6.00. The molecule has 8 heteroatoms. The number of aliphatic hydroxyl groups excluding tert-OH is 1. The van der Waals surface area contributed by atoms with Crippen LogP contribution in [0.2, 0.25) is 0 Å². The molecule has 4 aromatic rings. The number of nitrogens with zero attached hydrogens (tertiary/aromatic N) is 5. The molecule has 0 aliphatic heterocycles. The van der Waals surface area contributed by atoms with Gasteiger partial charge in [0, 0.05) is 28.1 Å². The molecule has 0 saturated carbocycles. The molecule has 0 radical (unpaired) electrons. The highest BCUT2D eigenvalue weighted by atomic mass is 19.1. The molecule has 0 fully saturated rings. The number of rotatable bonds is 7. The molecule has 3 heterocycles. The van der Waals surface area contributed by atoms with E-state index in [9.17, 15) is 9.50 Å². The second-order valence-corrected chi connectivity index (χ2v) is 7.76. The van der Waals surface area contributed by atoms with Crippen molar-refractivity contribution in [2.45, 2.75) is 46.3 Å². The fourth-order valence-electron chi connectivity index (χ4n) is 4.10. The van der Waals surface area contributed by atoms with Crippen molar-refractivity contribution in [2.75, 3.05) is 7.11 Å². The largest absolute Gasteiger partial charge is 0.496 e. The predicted molar refractivity (Wildman–Crippen MR) is 116 cm³/mol. The molecular formula is C23H26FN5O2. The third-order valence-electron chi connectivity index (χ3n) is 5.56. The van der Waals surface area contributed by atoms with Crippen LogP contribution in [0.5, 0.6) is 5.75 Å². The summed E-state index contributed by atoms with van der Waals surface area (Å²) in [7, 11) is 1.55. The number of aryl methyl sites for hydroxylation is 2. The summed E-state index contributed by atoms with van der Waals surface area (Å²) in [5, 5.41) is 22.8. The van der Waals surface area contributed by atoms with Gasteiger partial charge in [-0.25, -0.2) is 4.39 Å². The highest BCUT2D eigenvalue weighted by Crippen LogP contribution is 2.31. The lowest BCUT2D eigenvalue weighted by molar-refractivity contribution is 0.167. The molecule has 1 N–H and O–H groups in total. The van der Waals surface area contributed by atoms with Crippen molar-refractivity contribution in [3.8, 4) is 16.9 Å². The molecule has 31 heavy (non-hydrogen) atoms. The van der Waals surface area contributed by atoms with Gasteiger partial charge in [-0.2, -0.15) is 5.10 Å². The van der Waals surface area contributed by atoms with Gasteiger partial charge >= 0.3 is 0 Å². The lowest BCUT2D eigenvalue weighted by atomic mass is 10.0. The summed E-state index contributed by atoms with van der Waals surface area (Å²) >= 11 is 0. The zero-order valence-electron chi connectivity index (χ0n) is 18.1. The first kappa shape index (κ1) is 21.0. The van der Waals surface area contributed by atoms with Gasteiger partial charge in [-0.05, 0) is 57.9 Å². The Morgan fingerprint density at radius 1 is 1.16 bits per heavy atom. The van der Waals surface area contributed by atoms with Crippen LogP contribution in [-0.2, 0) is 19.4 Å². The first-order valence-corrected chi connectivity index (χ1v) is 10.3. The number of ether oxygens (including phenoxy) is 1. The Bertz CT molecular complexity index is 1230. The highest BCUT2D eigenvalue weighted by Gasteiger charge is 2.19. The predicted octanol–water partition coefficient (Wildman–Crippen LogP) is 3.52. The Morgan fingerprint density at radius 2 is 1.97 bits per heavy atom. The second kappa shape index (κ2) is 8.47. The van der Waals surface area contributed by atoms with Crippen LogP contribution in [-0.4, -0.2) is 42.7 Å². The minimum atomic E-state index is -0.489. The van der Waals surface area contributed by atoms with Crippen molar-refractivity contribution in [1.82, 2.24) is 24.4 Å². The van der Waals surface area contributed by atoms with Crippen LogP contribution < -0.4 is 4.74 Å². The molecule has 1 atom stereocenters. The quantitative estimate of drug-likeness (QED) is 0.492. The van der Waals surface area contributed by atoms with Crippen LogP contribution in [0.3, 0.4) is 0 Å². The standard InChI is InChI=1S/C23H26FN5O2/c1-14(30)12-29-16(3)22(15(2)27-29)19-11-9-17(28-13-25-26-23(19)28)8-10-18-20(24)6-5-7-21(18)31-4/h5-7,9,11,13-14,30H,8,10,12H2,1-4H3. The number of aromatic nitrogens is 5. The summed E-state index contributed by atoms with van der Waals surface area (Å²) in [6.07, 6.45) is 2.28. The van der Waals surface area contributed by atoms with Crippen LogP contribution in [0.4, 0.5) is 4.39 Å². The van der Waals surface area contributed by atoms with E-state index in [1.807, 2.05) is 35.1 Å². The van der Waals surface area contributed by atoms with Gasteiger partial charge in [-0.1, -0.05) is 6.07 Å². The smallest absolute Gasteiger partial charge is 0.168 e. The molecule has 162 valence electrons. The maximum atomic E-state index is 14.3. The number of benzene rings is 1. The summed E-state index contributed by atoms with van der Waals surface area (Å²) in [4.78, 5) is 0. The third kappa shape index (κ3) is 3.90. The molecule has 0 aliphatic rings. The van der Waals surface area contributed by atoms with Crippen molar-refractivity contribution in [2.24, 2.45) is 0 Å². The van der Waals surface area contributed by atoms with Crippen LogP contribution in [0.15, 0.2) is 36.7 Å². The molecule has 0 amide bonds. The van der Waals surface area contributed by atoms with E-state index in [2.05, 4.69) is 15.3 Å². The van der Waals surface area contributed by atoms with E-state index in [1.165, 1.54) is 6.07 Å².